The Labute approximate surface area is 161 Å². The highest BCUT2D eigenvalue weighted by Gasteiger charge is 2.33. The number of carbonyl (C=O) groups excluding carboxylic acids is 1. The van der Waals surface area contributed by atoms with Gasteiger partial charge in [-0.15, -0.1) is 0 Å². The second-order valence-corrected chi connectivity index (χ2v) is 9.46. The van der Waals surface area contributed by atoms with Crippen molar-refractivity contribution < 1.29 is 17.7 Å². The van der Waals surface area contributed by atoms with Crippen LogP contribution in [0.2, 0.25) is 0 Å². The molecule has 0 radical (unpaired) electrons. The van der Waals surface area contributed by atoms with Crippen LogP contribution in [0.1, 0.15) is 50.0 Å². The van der Waals surface area contributed by atoms with E-state index in [2.05, 4.69) is 10.5 Å². The summed E-state index contributed by atoms with van der Waals surface area (Å²) < 4.78 is 32.2. The highest BCUT2D eigenvalue weighted by Crippen LogP contribution is 2.24. The fourth-order valence-electron chi connectivity index (χ4n) is 4.00. The highest BCUT2D eigenvalue weighted by atomic mass is 32.2. The van der Waals surface area contributed by atoms with E-state index in [-0.39, 0.29) is 10.8 Å². The molecule has 2 fully saturated rings. The number of nitrogens with zero attached hydrogens (tertiary/aromatic N) is 3. The fourth-order valence-corrected chi connectivity index (χ4v) is 5.71. The van der Waals surface area contributed by atoms with Crippen LogP contribution >= 0.6 is 0 Å². The molecule has 0 atom stereocenters. The molecular formula is C18H30N4O4S. The Morgan fingerprint density at radius 1 is 1.11 bits per heavy atom. The number of aryl methyl sites for hydroxylation is 2. The fraction of sp³-hybridized carbons (Fsp3) is 0.778. The summed E-state index contributed by atoms with van der Waals surface area (Å²) in [5.74, 6) is 0.363. The molecular weight excluding hydrogens is 368 g/mol. The van der Waals surface area contributed by atoms with Crippen molar-refractivity contribution in [2.24, 2.45) is 0 Å². The molecule has 0 bridgehead atoms. The molecule has 0 spiro atoms. The Balaban J connectivity index is 1.50. The van der Waals surface area contributed by atoms with Gasteiger partial charge < -0.3 is 9.84 Å². The van der Waals surface area contributed by atoms with E-state index >= 15 is 0 Å². The number of carbonyl (C=O) groups is 1. The van der Waals surface area contributed by atoms with Crippen LogP contribution in [0.5, 0.6) is 0 Å². The van der Waals surface area contributed by atoms with Crippen LogP contribution in [-0.2, 0) is 14.8 Å². The van der Waals surface area contributed by atoms with Crippen LogP contribution in [0.3, 0.4) is 0 Å². The molecule has 0 unspecified atom stereocenters. The van der Waals surface area contributed by atoms with E-state index in [4.69, 9.17) is 4.52 Å². The second-order valence-electron chi connectivity index (χ2n) is 7.59. The summed E-state index contributed by atoms with van der Waals surface area (Å²) in [5, 5.41) is 6.90. The zero-order chi connectivity index (χ0) is 19.4. The van der Waals surface area contributed by atoms with E-state index in [1.165, 1.54) is 30.0 Å². The zero-order valence-corrected chi connectivity index (χ0v) is 17.1. The van der Waals surface area contributed by atoms with Gasteiger partial charge in [-0.25, -0.2) is 8.42 Å². The molecule has 0 aromatic carbocycles. The molecule has 8 nitrogen and oxygen atoms in total. The largest absolute Gasteiger partial charge is 0.360 e. The number of nitrogens with one attached hydrogen (secondary N) is 1. The first-order valence-corrected chi connectivity index (χ1v) is 11.3. The minimum absolute atomic E-state index is 0.0453. The third-order valence-corrected chi connectivity index (χ3v) is 7.63. The topological polar surface area (TPSA) is 95.8 Å². The van der Waals surface area contributed by atoms with Crippen molar-refractivity contribution in [3.05, 3.63) is 11.5 Å². The maximum absolute atomic E-state index is 12.8. The maximum Gasteiger partial charge on any atom is 0.248 e. The van der Waals surface area contributed by atoms with Crippen LogP contribution in [0.25, 0.3) is 0 Å². The van der Waals surface area contributed by atoms with E-state index in [1.54, 1.807) is 13.8 Å². The molecule has 1 aromatic rings. The SMILES string of the molecule is Cc1noc(C)c1S(=O)(=O)N1CCN(CC(=O)NC2CCCCCC2)CC1. The first-order chi connectivity index (χ1) is 12.9. The Morgan fingerprint density at radius 2 is 1.74 bits per heavy atom. The van der Waals surface area contributed by atoms with Crippen LogP contribution < -0.4 is 5.32 Å². The summed E-state index contributed by atoms with van der Waals surface area (Å²) in [5.41, 5.74) is 0.387. The molecule has 1 aromatic heterocycles. The van der Waals surface area contributed by atoms with Crippen molar-refractivity contribution in [2.45, 2.75) is 63.3 Å². The van der Waals surface area contributed by atoms with Gasteiger partial charge in [0.15, 0.2) is 5.76 Å². The molecule has 2 aliphatic rings. The molecule has 1 aliphatic carbocycles. The van der Waals surface area contributed by atoms with Gasteiger partial charge in [0.25, 0.3) is 0 Å². The van der Waals surface area contributed by atoms with E-state index in [0.717, 1.165) is 12.8 Å². The molecule has 152 valence electrons. The lowest BCUT2D eigenvalue weighted by atomic mass is 10.1. The van der Waals surface area contributed by atoms with Gasteiger partial charge in [-0.1, -0.05) is 30.8 Å². The molecule has 27 heavy (non-hydrogen) atoms. The monoisotopic (exact) mass is 398 g/mol. The number of amides is 1. The number of rotatable bonds is 5. The number of piperazine rings is 1. The first kappa shape index (κ1) is 20.3. The van der Waals surface area contributed by atoms with Gasteiger partial charge in [0, 0.05) is 32.2 Å². The van der Waals surface area contributed by atoms with Crippen molar-refractivity contribution in [2.75, 3.05) is 32.7 Å². The Hall–Kier alpha value is -1.45. The predicted octanol–water partition coefficient (Wildman–Crippen LogP) is 1.44. The predicted molar refractivity (Wildman–Crippen MR) is 101 cm³/mol. The van der Waals surface area contributed by atoms with E-state index in [9.17, 15) is 13.2 Å². The summed E-state index contributed by atoms with van der Waals surface area (Å²) in [6.45, 7) is 5.39. The lowest BCUT2D eigenvalue weighted by Gasteiger charge is -2.33. The lowest BCUT2D eigenvalue weighted by Crippen LogP contribution is -2.51. The van der Waals surface area contributed by atoms with Gasteiger partial charge in [0.2, 0.25) is 15.9 Å². The van der Waals surface area contributed by atoms with Crippen LogP contribution in [-0.4, -0.2) is 67.5 Å². The van der Waals surface area contributed by atoms with Gasteiger partial charge in [-0.2, -0.15) is 4.31 Å². The van der Waals surface area contributed by atoms with Crippen LogP contribution in [0.15, 0.2) is 9.42 Å². The third-order valence-electron chi connectivity index (χ3n) is 5.48. The minimum Gasteiger partial charge on any atom is -0.360 e. The third kappa shape index (κ3) is 4.89. The molecule has 1 saturated carbocycles. The van der Waals surface area contributed by atoms with Crippen molar-refractivity contribution in [1.82, 2.24) is 19.7 Å². The molecule has 1 saturated heterocycles. The molecule has 9 heteroatoms. The summed E-state index contributed by atoms with van der Waals surface area (Å²) in [6, 6.07) is 0.293. The average Bonchev–Trinajstić information content (AvgIpc) is 2.82. The zero-order valence-electron chi connectivity index (χ0n) is 16.2. The lowest BCUT2D eigenvalue weighted by molar-refractivity contribution is -0.123. The van der Waals surface area contributed by atoms with Crippen molar-refractivity contribution in [1.29, 1.82) is 0 Å². The molecule has 3 rings (SSSR count). The number of hydrogen-bond donors (Lipinski definition) is 1. The summed E-state index contributed by atoms with van der Waals surface area (Å²) in [4.78, 5) is 14.5. The average molecular weight is 399 g/mol. The standard InChI is InChI=1S/C18H30N4O4S/c1-14-18(15(2)26-20-14)27(24,25)22-11-9-21(10-12-22)13-17(23)19-16-7-5-3-4-6-8-16/h16H,3-13H2,1-2H3,(H,19,23). The number of sulfonamides is 1. The van der Waals surface area contributed by atoms with Gasteiger partial charge in [-0.3, -0.25) is 9.69 Å². The molecule has 2 heterocycles. The van der Waals surface area contributed by atoms with Crippen LogP contribution in [0.4, 0.5) is 0 Å². The smallest absolute Gasteiger partial charge is 0.248 e. The van der Waals surface area contributed by atoms with E-state index in [1.807, 2.05) is 4.90 Å². The number of aromatic nitrogens is 1. The quantitative estimate of drug-likeness (QED) is 0.754. The Kier molecular flexibility index (Phi) is 6.54. The van der Waals surface area contributed by atoms with Crippen molar-refractivity contribution in [3.8, 4) is 0 Å². The minimum atomic E-state index is -3.61. The summed E-state index contributed by atoms with van der Waals surface area (Å²) in [6.07, 6.45) is 7.01. The molecule has 1 amide bonds. The Bertz CT molecular complexity index is 726. The summed E-state index contributed by atoms with van der Waals surface area (Å²) in [7, 11) is -3.61. The molecule has 1 aliphatic heterocycles. The first-order valence-electron chi connectivity index (χ1n) is 9.82. The van der Waals surface area contributed by atoms with Gasteiger partial charge >= 0.3 is 0 Å². The summed E-state index contributed by atoms with van der Waals surface area (Å²) >= 11 is 0. The van der Waals surface area contributed by atoms with E-state index < -0.39 is 10.0 Å². The second kappa shape index (κ2) is 8.70. The van der Waals surface area contributed by atoms with Crippen molar-refractivity contribution >= 4 is 15.9 Å². The highest BCUT2D eigenvalue weighted by molar-refractivity contribution is 7.89. The van der Waals surface area contributed by atoms with Crippen LogP contribution in [0, 0.1) is 13.8 Å². The van der Waals surface area contributed by atoms with Crippen molar-refractivity contribution in [3.63, 3.8) is 0 Å². The van der Waals surface area contributed by atoms with Gasteiger partial charge in [0.05, 0.1) is 6.54 Å². The normalized spacial score (nSPS) is 21.1. The van der Waals surface area contributed by atoms with Gasteiger partial charge in [0.1, 0.15) is 10.6 Å². The Morgan fingerprint density at radius 3 is 2.30 bits per heavy atom. The number of hydrogen-bond acceptors (Lipinski definition) is 6. The molecule has 1 N–H and O–H groups in total. The maximum atomic E-state index is 12.8. The van der Waals surface area contributed by atoms with Gasteiger partial charge in [-0.05, 0) is 26.7 Å². The van der Waals surface area contributed by atoms with E-state index in [0.29, 0.717) is 50.2 Å².